The molecule has 19 nitrogen and oxygen atoms in total. The van der Waals surface area contributed by atoms with Gasteiger partial charge in [-0.25, -0.2) is 33.9 Å². The van der Waals surface area contributed by atoms with Gasteiger partial charge in [0.2, 0.25) is 5.69 Å². The number of nitrogens with zero attached hydrogens (tertiary/aromatic N) is 19. The second-order valence-corrected chi connectivity index (χ2v) is 34.3. The molecule has 0 aliphatic heterocycles. The molecule has 715 valence electrons. The topological polar surface area (TPSA) is 145 Å². The molecular weight excluding hydrogens is 2640 g/mol. The summed E-state index contributed by atoms with van der Waals surface area (Å²) in [5.41, 5.74) is 32.4. The third-order valence-electron chi connectivity index (χ3n) is 23.3. The maximum atomic E-state index is 7.61. The van der Waals surface area contributed by atoms with Crippen LogP contribution in [0.1, 0.15) is 106 Å². The minimum absolute atomic E-state index is 0. The fourth-order valence-corrected chi connectivity index (χ4v) is 17.5. The second kappa shape index (κ2) is 51.0. The molecule has 0 N–H and O–H groups in total. The van der Waals surface area contributed by atoms with E-state index in [0.717, 1.165) is 171 Å². The van der Waals surface area contributed by atoms with Crippen molar-refractivity contribution in [2.24, 2.45) is 11.8 Å². The Kier molecular flexibility index (Phi) is 39.9. The molecule has 18 aromatic rings. The van der Waals surface area contributed by atoms with E-state index in [-0.39, 0.29) is 101 Å². The predicted octanol–water partition coefficient (Wildman–Crippen LogP) is 30.4. The van der Waals surface area contributed by atoms with Crippen LogP contribution in [-0.2, 0) is 113 Å². The maximum absolute atomic E-state index is 7.61. The average molecular weight is 2740 g/mol. The first kappa shape index (κ1) is 111. The summed E-state index contributed by atoms with van der Waals surface area (Å²) in [7, 11) is 0. The van der Waals surface area contributed by atoms with E-state index in [1.165, 1.54) is 33.5 Å². The first-order valence-electron chi connectivity index (χ1n) is 44.7. The zero-order valence-corrected chi connectivity index (χ0v) is 93.1. The van der Waals surface area contributed by atoms with Crippen molar-refractivity contribution in [1.29, 1.82) is 0 Å². The van der Waals surface area contributed by atoms with Gasteiger partial charge < -0.3 is 22.8 Å². The normalized spacial score (nSPS) is 10.2. The van der Waals surface area contributed by atoms with Crippen molar-refractivity contribution in [1.82, 2.24) is 58.2 Å². The molecule has 0 saturated carbocycles. The van der Waals surface area contributed by atoms with Gasteiger partial charge in [0.1, 0.15) is 5.82 Å². The van der Waals surface area contributed by atoms with E-state index < -0.39 is 0 Å². The van der Waals surface area contributed by atoms with E-state index in [1.807, 2.05) is 284 Å². The molecule has 18 rings (SSSR count). The smallest absolute Gasteiger partial charge is 0.210 e. The number of hydrogen-bond donors (Lipinski definition) is 0. The van der Waals surface area contributed by atoms with Gasteiger partial charge in [-0.3, -0.25) is 15.0 Å². The SMILES string of the molecule is [C-]#[N+]c1c(C)cc(-c2cc(C)c(-n3ccnc3-c3[c-]cccc3)c(C)c2)cc1C.[C-]#[N+]c1cc(C)c(-c2cc[c-]c(-c3nnc(C)n3-c3ccccc3)c2)c(C)c1.[C-]#[N+]c1cc(C)cc(C)c1-n1ccnc1-c1[c-]cccc1.[C-]#[N+]c1cc(CC(C)C)c(-n2ccnc2-c2[c-]cccc2)c(CC(C)C)c1.[C-]#[N+]c1ccc(C)c(-c2nnc(-c3[c-]cccc3)n2-c2c(C)c([N+]#[C-])cc([N+]#[C-])c2C)c1.[Ir].[Ir].[Ir].[Ir].[Ir]. The van der Waals surface area contributed by atoms with Gasteiger partial charge in [0, 0.05) is 172 Å². The Morgan fingerprint density at radius 1 is 0.303 bits per heavy atom. The number of imidazole rings is 3. The van der Waals surface area contributed by atoms with Crippen LogP contribution in [0.5, 0.6) is 0 Å². The summed E-state index contributed by atoms with van der Waals surface area (Å²) >= 11 is 0. The molecular formula is C118H98Ir5N19-5. The molecule has 0 aliphatic carbocycles. The fraction of sp³-hybridized carbons (Fsp3) is 0.169. The van der Waals surface area contributed by atoms with Gasteiger partial charge in [-0.15, -0.1) is 189 Å². The molecule has 5 aromatic heterocycles. The number of hydrogen-bond acceptors (Lipinski definition) is 7. The largest absolute Gasteiger partial charge is 0.349 e. The fourth-order valence-electron chi connectivity index (χ4n) is 17.5. The molecule has 0 unspecified atom stereocenters. The summed E-state index contributed by atoms with van der Waals surface area (Å²) < 4.78 is 10.2. The van der Waals surface area contributed by atoms with Crippen molar-refractivity contribution >= 4 is 39.8 Å². The zero-order valence-electron chi connectivity index (χ0n) is 81.1. The van der Waals surface area contributed by atoms with Gasteiger partial charge in [0.15, 0.2) is 39.9 Å². The van der Waals surface area contributed by atoms with Crippen molar-refractivity contribution in [3.63, 3.8) is 0 Å². The molecule has 0 bridgehead atoms. The van der Waals surface area contributed by atoms with Crippen LogP contribution < -0.4 is 0 Å². The van der Waals surface area contributed by atoms with Crippen LogP contribution in [-0.4, -0.2) is 58.2 Å². The minimum Gasteiger partial charge on any atom is -0.349 e. The van der Waals surface area contributed by atoms with Gasteiger partial charge in [-0.1, -0.05) is 129 Å². The van der Waals surface area contributed by atoms with E-state index >= 15 is 0 Å². The Morgan fingerprint density at radius 3 is 1.17 bits per heavy atom. The van der Waals surface area contributed by atoms with Crippen molar-refractivity contribution < 1.29 is 101 Å². The average Bonchev–Trinajstić information content (AvgIpc) is 1.62. The number of benzene rings is 13. The third-order valence-corrected chi connectivity index (χ3v) is 23.3. The standard InChI is InChI=1S/C26H17N6.C26H22N3.C24H19N4.C24H26N3.C18H14N3.5Ir/c1-16-12-13-20(27-4)14-21(16)26-31-30-25(19-10-8-7-9-11-19)32(26)24-17(2)22(28-5)15-23(29-6)18(24)3;1-17-13-22(14-18(2)24(17)27-5)23-15-19(3)25(20(4)16-23)29-12-11-28-26(29)21-9-7-6-8-10-21;1-16-13-21(25-4)14-17(2)23(16)19-9-8-10-20(15-19)24-27-26-18(3)28(24)22-11-6-5-7-12-22;1-17(2)13-20-15-22(25-5)16-21(14-18(3)4)23(20)27-12-11-26-24(27)19-9-7-6-8-10-19;1-13-11-14(2)17(16(12-13)19-3)21-10-9-20-18(21)15-7-5-4-6-8-15;;;;;/h7-10,12-15H,1-3H3;6-9,11-16H,1-4H3;5-9,11-15H,1-3H3;6-9,11-12,15-18H,13-14H2,1-4H3;4-7,9-12H,1-2H3;;;;;/q5*-1;;;;;. The molecule has 24 heteroatoms. The monoisotopic (exact) mass is 2750 g/mol. The van der Waals surface area contributed by atoms with Crippen molar-refractivity contribution in [3.05, 3.63) is 456 Å². The molecule has 5 radical (unpaired) electrons. The maximum Gasteiger partial charge on any atom is 0.210 e. The van der Waals surface area contributed by atoms with Gasteiger partial charge in [0.25, 0.3) is 0 Å². The predicted molar refractivity (Wildman–Crippen MR) is 549 cm³/mol. The van der Waals surface area contributed by atoms with E-state index in [1.54, 1.807) is 30.5 Å². The van der Waals surface area contributed by atoms with Gasteiger partial charge in [0.05, 0.1) is 75.1 Å². The second-order valence-electron chi connectivity index (χ2n) is 34.3. The van der Waals surface area contributed by atoms with Crippen LogP contribution in [0.4, 0.5) is 39.8 Å². The first-order chi connectivity index (χ1) is 66.3. The molecule has 5 heterocycles. The van der Waals surface area contributed by atoms with E-state index in [0.29, 0.717) is 57.6 Å². The van der Waals surface area contributed by atoms with Crippen molar-refractivity contribution in [2.45, 2.75) is 124 Å². The summed E-state index contributed by atoms with van der Waals surface area (Å²) in [5, 5.41) is 17.7. The molecule has 0 atom stereocenters. The van der Waals surface area contributed by atoms with Crippen molar-refractivity contribution in [3.8, 4) is 119 Å². The summed E-state index contributed by atoms with van der Waals surface area (Å²) in [4.78, 5) is 39.1. The Bertz CT molecular complexity index is 7700. The van der Waals surface area contributed by atoms with Gasteiger partial charge in [-0.2, -0.15) is 10.2 Å². The van der Waals surface area contributed by atoms with Crippen LogP contribution in [0.3, 0.4) is 0 Å². The van der Waals surface area contributed by atoms with Gasteiger partial charge >= 0.3 is 0 Å². The van der Waals surface area contributed by atoms with Crippen LogP contribution in [0, 0.1) is 171 Å². The van der Waals surface area contributed by atoms with Crippen LogP contribution in [0.15, 0.2) is 268 Å². The molecule has 142 heavy (non-hydrogen) atoms. The Morgan fingerprint density at radius 2 is 0.718 bits per heavy atom. The molecule has 0 spiro atoms. The summed E-state index contributed by atoms with van der Waals surface area (Å²) in [5.74, 6) is 6.28. The molecule has 13 aromatic carbocycles. The Balaban J connectivity index is 0.000000197. The van der Waals surface area contributed by atoms with Crippen LogP contribution in [0.25, 0.3) is 153 Å². The number of rotatable bonds is 17. The van der Waals surface area contributed by atoms with Gasteiger partial charge in [-0.05, 0) is 210 Å². The molecule has 0 saturated heterocycles. The molecule has 0 aliphatic rings. The summed E-state index contributed by atoms with van der Waals surface area (Å²) in [6.07, 6.45) is 13.2. The van der Waals surface area contributed by atoms with Crippen LogP contribution >= 0.6 is 0 Å². The van der Waals surface area contributed by atoms with E-state index in [2.05, 4.69) is 187 Å². The van der Waals surface area contributed by atoms with Crippen LogP contribution in [0.2, 0.25) is 0 Å². The zero-order chi connectivity index (χ0) is 97.3. The Hall–Kier alpha value is -14.6. The third kappa shape index (κ3) is 25.1. The molecule has 0 amide bonds. The Labute approximate surface area is 900 Å². The number of aromatic nitrogens is 12. The first-order valence-corrected chi connectivity index (χ1v) is 44.7. The minimum atomic E-state index is 0. The summed E-state index contributed by atoms with van der Waals surface area (Å²) in [6, 6.07) is 91.1. The van der Waals surface area contributed by atoms with E-state index in [4.69, 9.17) is 46.0 Å². The van der Waals surface area contributed by atoms with E-state index in [9.17, 15) is 0 Å². The number of aryl methyl sites for hydroxylation is 10. The molecule has 0 fully saturated rings. The summed E-state index contributed by atoms with van der Waals surface area (Å²) in [6.45, 7) is 85.2. The van der Waals surface area contributed by atoms with Crippen molar-refractivity contribution in [2.75, 3.05) is 0 Å². The quantitative estimate of drug-likeness (QED) is 0.0825. The number of para-hydroxylation sites is 1.